The fourth-order valence-electron chi connectivity index (χ4n) is 4.81. The van der Waals surface area contributed by atoms with Crippen molar-refractivity contribution < 1.29 is 117 Å². The van der Waals surface area contributed by atoms with E-state index in [-0.39, 0.29) is 87.9 Å². The second kappa shape index (κ2) is 31.1. The third kappa shape index (κ3) is 19.0. The maximum atomic E-state index is 12.1. The van der Waals surface area contributed by atoms with Crippen molar-refractivity contribution in [2.75, 3.05) is 99.6 Å². The van der Waals surface area contributed by atoms with Gasteiger partial charge in [0.15, 0.2) is 0 Å². The molecule has 0 aromatic heterocycles. The second-order valence-electron chi connectivity index (χ2n) is 11.5. The number of alkyl halides is 1. The largest absolute Gasteiger partial charge is 1.00 e. The molecule has 0 unspecified atom stereocenters. The molecule has 0 radical (unpaired) electrons. The van der Waals surface area contributed by atoms with Crippen molar-refractivity contribution in [3.05, 3.63) is 106 Å². The van der Waals surface area contributed by atoms with Crippen LogP contribution in [0.3, 0.4) is 0 Å². The van der Waals surface area contributed by atoms with Gasteiger partial charge in [-0.2, -0.15) is 8.42 Å². The molecule has 0 spiro atoms. The summed E-state index contributed by atoms with van der Waals surface area (Å²) in [4.78, 5) is 47.3. The molecule has 2 aliphatic heterocycles. The first-order valence-corrected chi connectivity index (χ1v) is 19.5. The normalized spacial score (nSPS) is 12.8. The zero-order chi connectivity index (χ0) is 42.6. The minimum absolute atomic E-state index is 0. The Morgan fingerprint density at radius 3 is 1.36 bits per heavy atom. The number of hydrogen-bond acceptors (Lipinski definition) is 13. The summed E-state index contributed by atoms with van der Waals surface area (Å²) in [6.45, 7) is 11.8. The number of hydrogen-bond donors (Lipinski definition) is 0. The fraction of sp³-hybridized carbons (Fsp3) is 0.450. The van der Waals surface area contributed by atoms with Crippen LogP contribution in [0.5, 0.6) is 0 Å². The van der Waals surface area contributed by atoms with Gasteiger partial charge in [0.25, 0.3) is 21.9 Å². The van der Waals surface area contributed by atoms with Crippen LogP contribution < -0.4 is 51.4 Å². The Bertz CT molecular complexity index is 1740. The number of benzene rings is 3. The van der Waals surface area contributed by atoms with E-state index in [1.807, 2.05) is 20.8 Å². The Hall–Kier alpha value is -2.82. The van der Waals surface area contributed by atoms with Crippen molar-refractivity contribution in [1.82, 2.24) is 4.90 Å². The van der Waals surface area contributed by atoms with Gasteiger partial charge < -0.3 is 43.3 Å². The molecule has 0 saturated heterocycles. The molecule has 314 valence electrons. The van der Waals surface area contributed by atoms with Crippen molar-refractivity contribution in [2.45, 2.75) is 25.7 Å². The van der Waals surface area contributed by atoms with E-state index in [1.54, 1.807) is 60.7 Å². The molecule has 0 bridgehead atoms. The molecule has 2 aliphatic rings. The van der Waals surface area contributed by atoms with Crippen LogP contribution in [0.15, 0.2) is 77.7 Å². The maximum absolute atomic E-state index is 12.1. The zero-order valence-electron chi connectivity index (χ0n) is 34.5. The van der Waals surface area contributed by atoms with E-state index >= 15 is 0 Å². The number of rotatable bonds is 22. The molecular formula is C40H52FKN2O13S. The summed E-state index contributed by atoms with van der Waals surface area (Å²) in [7, 11) is -4.71. The Labute approximate surface area is 384 Å². The van der Waals surface area contributed by atoms with Crippen molar-refractivity contribution in [3.63, 3.8) is 0 Å². The van der Waals surface area contributed by atoms with Crippen molar-refractivity contribution in [2.24, 2.45) is 0 Å². The molecule has 58 heavy (non-hydrogen) atoms. The summed E-state index contributed by atoms with van der Waals surface area (Å²) in [5.74, 6) is -1.36. The molecule has 15 nitrogen and oxygen atoms in total. The van der Waals surface area contributed by atoms with Gasteiger partial charge >= 0.3 is 51.4 Å². The number of aryl methyl sites for hydroxylation is 1. The van der Waals surface area contributed by atoms with Gasteiger partial charge in [0.1, 0.15) is 0 Å². The van der Waals surface area contributed by atoms with Crippen LogP contribution in [0.25, 0.3) is 5.32 Å². The number of nitrogens with zero attached hydrogens (tertiary/aromatic N) is 2. The topological polar surface area (TPSA) is 184 Å². The van der Waals surface area contributed by atoms with Crippen LogP contribution in [-0.4, -0.2) is 137 Å². The Morgan fingerprint density at radius 1 is 0.586 bits per heavy atom. The van der Waals surface area contributed by atoms with E-state index in [0.717, 1.165) is 5.56 Å². The Balaban J connectivity index is 0.000000443. The van der Waals surface area contributed by atoms with Gasteiger partial charge in [-0.1, -0.05) is 54.1 Å². The number of ether oxygens (including phenoxy) is 6. The van der Waals surface area contributed by atoms with E-state index in [0.29, 0.717) is 94.9 Å². The monoisotopic (exact) mass is 859 g/mol. The number of imide groups is 2. The molecule has 0 aliphatic carbocycles. The van der Waals surface area contributed by atoms with Gasteiger partial charge in [0.05, 0.1) is 116 Å². The predicted molar refractivity (Wildman–Crippen MR) is 208 cm³/mol. The summed E-state index contributed by atoms with van der Waals surface area (Å²) in [6.07, 6.45) is 0. The summed E-state index contributed by atoms with van der Waals surface area (Å²) < 4.78 is 75.6. The summed E-state index contributed by atoms with van der Waals surface area (Å²) in [6, 6.07) is 20.0. The van der Waals surface area contributed by atoms with E-state index in [1.165, 1.54) is 17.0 Å². The van der Waals surface area contributed by atoms with Crippen LogP contribution in [0.4, 0.5) is 4.39 Å². The first-order chi connectivity index (χ1) is 28.0. The number of carbonyl (C=O) groups excluding carboxylic acids is 4. The van der Waals surface area contributed by atoms with E-state index in [2.05, 4.69) is 5.32 Å². The molecule has 3 aromatic rings. The molecule has 0 N–H and O–H groups in total. The Kier molecular flexibility index (Phi) is 27.5. The zero-order valence-corrected chi connectivity index (χ0v) is 37.5. The molecule has 2 heterocycles. The van der Waals surface area contributed by atoms with Crippen LogP contribution in [-0.2, 0) is 42.7 Å². The van der Waals surface area contributed by atoms with E-state index in [9.17, 15) is 32.0 Å². The molecule has 3 aromatic carbocycles. The van der Waals surface area contributed by atoms with E-state index in [4.69, 9.17) is 34.0 Å². The average Bonchev–Trinajstić information content (AvgIpc) is 3.65. The van der Waals surface area contributed by atoms with Crippen molar-refractivity contribution >= 4 is 33.7 Å². The van der Waals surface area contributed by atoms with Crippen LogP contribution in [0.1, 0.15) is 62.2 Å². The number of carbonyl (C=O) groups is 4. The number of halogens is 1. The Morgan fingerprint density at radius 2 is 0.948 bits per heavy atom. The van der Waals surface area contributed by atoms with E-state index < -0.39 is 29.1 Å². The van der Waals surface area contributed by atoms with Gasteiger partial charge in [-0.15, -0.1) is 0 Å². The summed E-state index contributed by atoms with van der Waals surface area (Å²) >= 11 is 0. The fourth-order valence-corrected chi connectivity index (χ4v) is 5.70. The van der Waals surface area contributed by atoms with Crippen LogP contribution >= 0.6 is 0 Å². The molecular weight excluding hydrogens is 807 g/mol. The third-order valence-corrected chi connectivity index (χ3v) is 8.93. The minimum atomic E-state index is -3.71. The smallest absolute Gasteiger partial charge is 0.587 e. The summed E-state index contributed by atoms with van der Waals surface area (Å²) in [5.41, 5.74) is 2.75. The maximum Gasteiger partial charge on any atom is 1.00 e. The van der Waals surface area contributed by atoms with Crippen molar-refractivity contribution in [3.8, 4) is 0 Å². The molecule has 0 atom stereocenters. The van der Waals surface area contributed by atoms with Crippen LogP contribution in [0, 0.1) is 6.92 Å². The predicted octanol–water partition coefficient (Wildman–Crippen LogP) is 2.07. The van der Waals surface area contributed by atoms with Crippen LogP contribution in [0.2, 0.25) is 0 Å². The first kappa shape index (κ1) is 51.3. The quantitative estimate of drug-likeness (QED) is 0.0620. The standard InChI is InChI=1S/C16H21NO5.C15H24O6S.C8H5NO2.CH3F.K/c1-2-20-9-10-22-12-11-21-8-7-17-15(18)13-5-3-4-6-14(13)16(17)19;1-3-18-8-9-19-10-11-20-12-13-21-22(16,17)15-6-4-14(2)5-7-15;10-7-5-3-1-2-4-6(5)8(11)9-7;1-2;/h3-6H,2,7-12H2,1H3;4-7H,3,8-13H2,1-2H3;1-4H,(H,9,10,11);1H3;/q;;;;+1/p-1/i;;;1D;. The first-order valence-electron chi connectivity index (χ1n) is 18.8. The minimum Gasteiger partial charge on any atom is -0.587 e. The van der Waals surface area contributed by atoms with Gasteiger partial charge in [-0.05, 0) is 45.0 Å². The molecule has 5 rings (SSSR count). The van der Waals surface area contributed by atoms with Crippen molar-refractivity contribution in [1.29, 1.82) is 0 Å². The third-order valence-electron chi connectivity index (χ3n) is 7.60. The summed E-state index contributed by atoms with van der Waals surface area (Å²) in [5, 5.41) is 3.28. The van der Waals surface area contributed by atoms with Gasteiger partial charge in [-0.25, -0.2) is 0 Å². The number of amides is 4. The second-order valence-corrected chi connectivity index (χ2v) is 13.1. The number of fused-ring (bicyclic) bond motifs is 2. The molecule has 18 heteroatoms. The SMILES string of the molecule is CCOCCOCCOCCN1C(=O)c2ccccc2C1=O.CCOCCOCCOCCOS(=O)(=O)c1ccc(C)cc1.O=C1[N-]C(=O)c2ccccc21.[2H]CF.[K+]. The molecule has 0 saturated carbocycles. The van der Waals surface area contributed by atoms with Gasteiger partial charge in [-0.3, -0.25) is 23.1 Å². The van der Waals surface area contributed by atoms with Gasteiger partial charge in [0.2, 0.25) is 0 Å². The average molecular weight is 860 g/mol. The molecule has 4 amide bonds. The molecule has 0 fully saturated rings. The van der Waals surface area contributed by atoms with Gasteiger partial charge in [0, 0.05) is 24.3 Å².